The van der Waals surface area contributed by atoms with Gasteiger partial charge in [0.2, 0.25) is 0 Å². The van der Waals surface area contributed by atoms with E-state index >= 15 is 0 Å². The predicted molar refractivity (Wildman–Crippen MR) is 82.8 cm³/mol. The van der Waals surface area contributed by atoms with Crippen LogP contribution in [0.4, 0.5) is 5.69 Å². The number of para-hydroxylation sites is 2. The number of nitrogens with one attached hydrogen (secondary N) is 2. The van der Waals surface area contributed by atoms with Crippen LogP contribution in [-0.2, 0) is 0 Å². The lowest BCUT2D eigenvalue weighted by Crippen LogP contribution is -2.44. The smallest absolute Gasteiger partial charge is 0.119 e. The molecule has 2 aromatic rings. The maximum absolute atomic E-state index is 5.75. The van der Waals surface area contributed by atoms with E-state index in [4.69, 9.17) is 10.5 Å². The van der Waals surface area contributed by atoms with Crippen LogP contribution in [0.3, 0.4) is 0 Å². The molecule has 0 saturated carbocycles. The van der Waals surface area contributed by atoms with Crippen LogP contribution in [0, 0.1) is 0 Å². The van der Waals surface area contributed by atoms with E-state index in [-0.39, 0.29) is 6.17 Å². The molecule has 20 heavy (non-hydrogen) atoms. The van der Waals surface area contributed by atoms with Crippen molar-refractivity contribution in [2.24, 2.45) is 5.73 Å². The quantitative estimate of drug-likeness (QED) is 0.508. The third kappa shape index (κ3) is 4.91. The van der Waals surface area contributed by atoms with Crippen LogP contribution in [0.2, 0.25) is 0 Å². The van der Waals surface area contributed by atoms with Crippen molar-refractivity contribution in [2.45, 2.75) is 6.17 Å². The third-order valence-electron chi connectivity index (χ3n) is 2.86. The molecule has 4 nitrogen and oxygen atoms in total. The number of nitrogens with two attached hydrogens (primary N) is 1. The molecule has 0 amide bonds. The molecule has 0 bridgehead atoms. The summed E-state index contributed by atoms with van der Waals surface area (Å²) in [5.74, 6) is 0.884. The third-order valence-corrected chi connectivity index (χ3v) is 2.86. The van der Waals surface area contributed by atoms with Gasteiger partial charge in [0, 0.05) is 18.8 Å². The molecule has 0 aliphatic rings. The Balaban J connectivity index is 1.69. The van der Waals surface area contributed by atoms with Crippen molar-refractivity contribution < 1.29 is 4.74 Å². The second-order valence-corrected chi connectivity index (χ2v) is 4.41. The molecule has 0 fully saturated rings. The molecule has 0 heterocycles. The fourth-order valence-corrected chi connectivity index (χ4v) is 1.85. The fourth-order valence-electron chi connectivity index (χ4n) is 1.85. The number of hydrogen-bond acceptors (Lipinski definition) is 4. The van der Waals surface area contributed by atoms with Crippen LogP contribution in [0.25, 0.3) is 0 Å². The molecule has 0 spiro atoms. The topological polar surface area (TPSA) is 59.3 Å². The van der Waals surface area contributed by atoms with E-state index in [0.29, 0.717) is 13.2 Å². The Kier molecular flexibility index (Phi) is 5.89. The number of ether oxygens (including phenoxy) is 1. The van der Waals surface area contributed by atoms with Crippen LogP contribution in [0.1, 0.15) is 0 Å². The molecule has 0 aromatic heterocycles. The highest BCUT2D eigenvalue weighted by atomic mass is 16.5. The summed E-state index contributed by atoms with van der Waals surface area (Å²) >= 11 is 0. The first kappa shape index (κ1) is 14.4. The largest absolute Gasteiger partial charge is 0.492 e. The summed E-state index contributed by atoms with van der Waals surface area (Å²) in [6.07, 6.45) is 0.0387. The molecule has 0 radical (unpaired) electrons. The monoisotopic (exact) mass is 271 g/mol. The summed E-state index contributed by atoms with van der Waals surface area (Å²) in [4.78, 5) is 0. The molecular formula is C16H21N3O. The van der Waals surface area contributed by atoms with Crippen molar-refractivity contribution in [2.75, 3.05) is 25.0 Å². The SMILES string of the molecule is NCC(NCCOc1ccccc1)Nc1ccccc1. The molecule has 4 N–H and O–H groups in total. The second kappa shape index (κ2) is 8.19. The van der Waals surface area contributed by atoms with E-state index in [0.717, 1.165) is 18.0 Å². The standard InChI is InChI=1S/C16H21N3O/c17-13-16(19-14-7-3-1-4-8-14)18-11-12-20-15-9-5-2-6-10-15/h1-10,16,18-19H,11-13,17H2. The van der Waals surface area contributed by atoms with Gasteiger partial charge >= 0.3 is 0 Å². The Morgan fingerprint density at radius 1 is 0.950 bits per heavy atom. The molecule has 0 aliphatic heterocycles. The lowest BCUT2D eigenvalue weighted by atomic mass is 10.3. The highest BCUT2D eigenvalue weighted by Crippen LogP contribution is 2.08. The molecule has 0 aliphatic carbocycles. The first-order chi connectivity index (χ1) is 9.88. The highest BCUT2D eigenvalue weighted by Gasteiger charge is 2.04. The fraction of sp³-hybridized carbons (Fsp3) is 0.250. The molecule has 2 rings (SSSR count). The van der Waals surface area contributed by atoms with Gasteiger partial charge in [0.25, 0.3) is 0 Å². The van der Waals surface area contributed by atoms with E-state index < -0.39 is 0 Å². The van der Waals surface area contributed by atoms with Gasteiger partial charge < -0.3 is 15.8 Å². The summed E-state index contributed by atoms with van der Waals surface area (Å²) in [7, 11) is 0. The first-order valence-electron chi connectivity index (χ1n) is 6.81. The summed E-state index contributed by atoms with van der Waals surface area (Å²) in [5, 5.41) is 6.66. The van der Waals surface area contributed by atoms with E-state index in [9.17, 15) is 0 Å². The predicted octanol–water partition coefficient (Wildman–Crippen LogP) is 2.05. The van der Waals surface area contributed by atoms with Crippen LogP contribution in [-0.4, -0.2) is 25.9 Å². The number of rotatable bonds is 8. The zero-order chi connectivity index (χ0) is 14.0. The van der Waals surface area contributed by atoms with Crippen molar-refractivity contribution >= 4 is 5.69 Å². The lowest BCUT2D eigenvalue weighted by Gasteiger charge is -2.19. The lowest BCUT2D eigenvalue weighted by molar-refractivity contribution is 0.308. The molecule has 1 unspecified atom stereocenters. The van der Waals surface area contributed by atoms with Gasteiger partial charge in [0.15, 0.2) is 0 Å². The minimum atomic E-state index is 0.0387. The van der Waals surface area contributed by atoms with E-state index in [1.54, 1.807) is 0 Å². The number of hydrogen-bond donors (Lipinski definition) is 3. The number of benzene rings is 2. The van der Waals surface area contributed by atoms with Crippen molar-refractivity contribution in [3.05, 3.63) is 60.7 Å². The highest BCUT2D eigenvalue weighted by molar-refractivity contribution is 5.43. The Bertz CT molecular complexity index is 476. The van der Waals surface area contributed by atoms with E-state index in [2.05, 4.69) is 10.6 Å². The van der Waals surface area contributed by atoms with Gasteiger partial charge in [0.1, 0.15) is 12.4 Å². The Hall–Kier alpha value is -2.04. The summed E-state index contributed by atoms with van der Waals surface area (Å²) < 4.78 is 5.62. The molecule has 1 atom stereocenters. The first-order valence-corrected chi connectivity index (χ1v) is 6.81. The van der Waals surface area contributed by atoms with Crippen molar-refractivity contribution in [1.82, 2.24) is 5.32 Å². The van der Waals surface area contributed by atoms with Crippen LogP contribution in [0.15, 0.2) is 60.7 Å². The molecule has 4 heteroatoms. The van der Waals surface area contributed by atoms with Gasteiger partial charge in [-0.15, -0.1) is 0 Å². The Morgan fingerprint density at radius 3 is 2.25 bits per heavy atom. The van der Waals surface area contributed by atoms with Crippen LogP contribution < -0.4 is 21.1 Å². The van der Waals surface area contributed by atoms with Crippen LogP contribution in [0.5, 0.6) is 5.75 Å². The van der Waals surface area contributed by atoms with Gasteiger partial charge in [-0.05, 0) is 24.3 Å². The zero-order valence-electron chi connectivity index (χ0n) is 11.5. The number of anilines is 1. The molecular weight excluding hydrogens is 250 g/mol. The van der Waals surface area contributed by atoms with Gasteiger partial charge in [-0.1, -0.05) is 36.4 Å². The van der Waals surface area contributed by atoms with E-state index in [1.165, 1.54) is 0 Å². The molecule has 2 aromatic carbocycles. The molecule has 106 valence electrons. The van der Waals surface area contributed by atoms with Gasteiger partial charge in [-0.2, -0.15) is 0 Å². The second-order valence-electron chi connectivity index (χ2n) is 4.41. The maximum atomic E-state index is 5.75. The summed E-state index contributed by atoms with van der Waals surface area (Å²) in [6.45, 7) is 1.85. The summed E-state index contributed by atoms with van der Waals surface area (Å²) in [6, 6.07) is 19.8. The summed E-state index contributed by atoms with van der Waals surface area (Å²) in [5.41, 5.74) is 6.80. The minimum Gasteiger partial charge on any atom is -0.492 e. The molecule has 0 saturated heterocycles. The van der Waals surface area contributed by atoms with E-state index in [1.807, 2.05) is 60.7 Å². The van der Waals surface area contributed by atoms with Gasteiger partial charge in [-0.25, -0.2) is 0 Å². The normalized spacial score (nSPS) is 11.8. The Labute approximate surface area is 120 Å². The van der Waals surface area contributed by atoms with Crippen molar-refractivity contribution in [3.63, 3.8) is 0 Å². The van der Waals surface area contributed by atoms with Gasteiger partial charge in [-0.3, -0.25) is 5.32 Å². The Morgan fingerprint density at radius 2 is 1.60 bits per heavy atom. The maximum Gasteiger partial charge on any atom is 0.119 e. The van der Waals surface area contributed by atoms with Crippen molar-refractivity contribution in [3.8, 4) is 5.75 Å². The van der Waals surface area contributed by atoms with Gasteiger partial charge in [0.05, 0.1) is 6.17 Å². The average Bonchev–Trinajstić information content (AvgIpc) is 2.52. The van der Waals surface area contributed by atoms with Crippen molar-refractivity contribution in [1.29, 1.82) is 0 Å². The minimum absolute atomic E-state index is 0.0387. The zero-order valence-corrected chi connectivity index (χ0v) is 11.5. The average molecular weight is 271 g/mol. The van der Waals surface area contributed by atoms with Crippen LogP contribution >= 0.6 is 0 Å².